The van der Waals surface area contributed by atoms with Gasteiger partial charge in [0.15, 0.2) is 0 Å². The summed E-state index contributed by atoms with van der Waals surface area (Å²) in [7, 11) is 0. The Bertz CT molecular complexity index is 731. The summed E-state index contributed by atoms with van der Waals surface area (Å²) in [6, 6.07) is 0. The van der Waals surface area contributed by atoms with Crippen molar-refractivity contribution in [3.8, 4) is 0 Å². The van der Waals surface area contributed by atoms with E-state index in [-0.39, 0.29) is 46.7 Å². The van der Waals surface area contributed by atoms with Gasteiger partial charge in [0.25, 0.3) is 0 Å². The number of hydrogen-bond acceptors (Lipinski definition) is 5. The first-order chi connectivity index (χ1) is 14.1. The lowest BCUT2D eigenvalue weighted by molar-refractivity contribution is -0.161. The standard InChI is InChI=1S/C25H38O5/c1-14(26)23-22(30-16(3)28)13-21-19-7-6-17-12-18(29-15(2)27)8-10-24(17,4)20(19)9-11-25(21,23)5/h17-23H,6-13H2,1-5H3. The summed E-state index contributed by atoms with van der Waals surface area (Å²) in [5, 5.41) is 0. The molecule has 4 aliphatic carbocycles. The summed E-state index contributed by atoms with van der Waals surface area (Å²) in [6.07, 6.45) is 8.25. The molecule has 0 saturated heterocycles. The van der Waals surface area contributed by atoms with Crippen LogP contribution in [-0.2, 0) is 23.9 Å². The largest absolute Gasteiger partial charge is 0.463 e. The Labute approximate surface area is 180 Å². The highest BCUT2D eigenvalue weighted by atomic mass is 16.5. The lowest BCUT2D eigenvalue weighted by atomic mass is 9.44. The van der Waals surface area contributed by atoms with Crippen molar-refractivity contribution in [3.63, 3.8) is 0 Å². The fraction of sp³-hybridized carbons (Fsp3) is 0.880. The second-order valence-corrected chi connectivity index (χ2v) is 11.2. The SMILES string of the molecule is CC(=O)OC1CCC2(C)C(CCC3C2CCC2(C)C3CC(OC(C)=O)C2C(C)=O)C1. The molecule has 0 heterocycles. The number of rotatable bonds is 3. The van der Waals surface area contributed by atoms with E-state index >= 15 is 0 Å². The fourth-order valence-electron chi connectivity index (χ4n) is 8.60. The second-order valence-electron chi connectivity index (χ2n) is 11.2. The number of esters is 2. The number of Topliss-reactive ketones (excluding diaryl/α,β-unsaturated/α-hetero) is 1. The zero-order chi connectivity index (χ0) is 21.8. The average Bonchev–Trinajstić information content (AvgIpc) is 2.92. The monoisotopic (exact) mass is 418 g/mol. The lowest BCUT2D eigenvalue weighted by Crippen LogP contribution is -2.54. The summed E-state index contributed by atoms with van der Waals surface area (Å²) in [6.45, 7) is 9.41. The van der Waals surface area contributed by atoms with Crippen LogP contribution in [0.25, 0.3) is 0 Å². The van der Waals surface area contributed by atoms with Crippen LogP contribution in [0.1, 0.15) is 86.0 Å². The van der Waals surface area contributed by atoms with Crippen LogP contribution in [0.5, 0.6) is 0 Å². The van der Waals surface area contributed by atoms with E-state index < -0.39 is 0 Å². The maximum absolute atomic E-state index is 12.6. The van der Waals surface area contributed by atoms with Crippen molar-refractivity contribution in [1.82, 2.24) is 0 Å². The van der Waals surface area contributed by atoms with Crippen LogP contribution < -0.4 is 0 Å². The predicted octanol–water partition coefficient (Wildman–Crippen LogP) is 4.71. The molecular formula is C25H38O5. The van der Waals surface area contributed by atoms with Crippen molar-refractivity contribution in [3.05, 3.63) is 0 Å². The van der Waals surface area contributed by atoms with Crippen LogP contribution in [0.15, 0.2) is 0 Å². The molecule has 5 heteroatoms. The zero-order valence-electron chi connectivity index (χ0n) is 19.2. The molecule has 5 nitrogen and oxygen atoms in total. The molecule has 0 N–H and O–H groups in total. The summed E-state index contributed by atoms with van der Waals surface area (Å²) < 4.78 is 11.3. The first kappa shape index (κ1) is 21.8. The third-order valence-electron chi connectivity index (χ3n) is 9.71. The van der Waals surface area contributed by atoms with Crippen LogP contribution in [-0.4, -0.2) is 29.9 Å². The van der Waals surface area contributed by atoms with Gasteiger partial charge in [0.1, 0.15) is 18.0 Å². The number of hydrogen-bond donors (Lipinski definition) is 0. The topological polar surface area (TPSA) is 69.7 Å². The van der Waals surface area contributed by atoms with E-state index in [2.05, 4.69) is 13.8 Å². The maximum Gasteiger partial charge on any atom is 0.302 e. The Hall–Kier alpha value is -1.39. The Balaban J connectivity index is 1.57. The van der Waals surface area contributed by atoms with Crippen LogP contribution in [0.2, 0.25) is 0 Å². The predicted molar refractivity (Wildman–Crippen MR) is 112 cm³/mol. The van der Waals surface area contributed by atoms with Gasteiger partial charge >= 0.3 is 11.9 Å². The minimum absolute atomic E-state index is 0.0642. The molecule has 168 valence electrons. The van der Waals surface area contributed by atoms with Crippen LogP contribution in [0.4, 0.5) is 0 Å². The molecule has 9 atom stereocenters. The van der Waals surface area contributed by atoms with Gasteiger partial charge in [-0.2, -0.15) is 0 Å². The van der Waals surface area contributed by atoms with Crippen molar-refractivity contribution in [1.29, 1.82) is 0 Å². The highest BCUT2D eigenvalue weighted by molar-refractivity contribution is 5.81. The highest BCUT2D eigenvalue weighted by Gasteiger charge is 2.64. The second kappa shape index (κ2) is 7.63. The molecule has 0 aliphatic heterocycles. The number of carbonyl (C=O) groups excluding carboxylic acids is 3. The molecule has 4 rings (SSSR count). The first-order valence-electron chi connectivity index (χ1n) is 11.9. The van der Waals surface area contributed by atoms with Gasteiger partial charge in [-0.3, -0.25) is 14.4 Å². The maximum atomic E-state index is 12.6. The van der Waals surface area contributed by atoms with Gasteiger partial charge in [-0.15, -0.1) is 0 Å². The molecule has 0 bridgehead atoms. The van der Waals surface area contributed by atoms with Gasteiger partial charge in [-0.25, -0.2) is 0 Å². The van der Waals surface area contributed by atoms with Crippen LogP contribution >= 0.6 is 0 Å². The van der Waals surface area contributed by atoms with Crippen molar-refractivity contribution >= 4 is 17.7 Å². The van der Waals surface area contributed by atoms with E-state index in [1.807, 2.05) is 0 Å². The van der Waals surface area contributed by atoms with Crippen molar-refractivity contribution in [2.75, 3.05) is 0 Å². The minimum Gasteiger partial charge on any atom is -0.463 e. The zero-order valence-corrected chi connectivity index (χ0v) is 19.2. The quantitative estimate of drug-likeness (QED) is 0.621. The van der Waals surface area contributed by atoms with E-state index in [0.29, 0.717) is 23.7 Å². The van der Waals surface area contributed by atoms with E-state index in [1.165, 1.54) is 26.7 Å². The van der Waals surface area contributed by atoms with E-state index in [0.717, 1.165) is 38.5 Å². The Kier molecular flexibility index (Phi) is 5.55. The van der Waals surface area contributed by atoms with Gasteiger partial charge in [0.2, 0.25) is 0 Å². The Morgan fingerprint density at radius 3 is 2.07 bits per heavy atom. The Morgan fingerprint density at radius 2 is 1.43 bits per heavy atom. The molecule has 4 fully saturated rings. The number of carbonyl (C=O) groups is 3. The van der Waals surface area contributed by atoms with Gasteiger partial charge in [0, 0.05) is 13.8 Å². The third-order valence-corrected chi connectivity index (χ3v) is 9.71. The van der Waals surface area contributed by atoms with Gasteiger partial charge in [0.05, 0.1) is 5.92 Å². The summed E-state index contributed by atoms with van der Waals surface area (Å²) in [5.41, 5.74) is 0.220. The van der Waals surface area contributed by atoms with E-state index in [1.54, 1.807) is 6.92 Å². The van der Waals surface area contributed by atoms with Crippen molar-refractivity contribution in [2.45, 2.75) is 98.2 Å². The Morgan fingerprint density at radius 1 is 0.767 bits per heavy atom. The molecular weight excluding hydrogens is 380 g/mol. The van der Waals surface area contributed by atoms with Crippen molar-refractivity contribution < 1.29 is 23.9 Å². The van der Waals surface area contributed by atoms with Gasteiger partial charge < -0.3 is 9.47 Å². The van der Waals surface area contributed by atoms with Crippen LogP contribution in [0.3, 0.4) is 0 Å². The summed E-state index contributed by atoms with van der Waals surface area (Å²) in [4.78, 5) is 35.8. The van der Waals surface area contributed by atoms with Crippen LogP contribution in [0, 0.1) is 40.4 Å². The smallest absolute Gasteiger partial charge is 0.302 e. The molecule has 0 aromatic rings. The molecule has 0 aromatic heterocycles. The molecule has 4 saturated carbocycles. The van der Waals surface area contributed by atoms with Gasteiger partial charge in [-0.1, -0.05) is 13.8 Å². The molecule has 4 aliphatic rings. The highest BCUT2D eigenvalue weighted by Crippen LogP contribution is 2.67. The molecule has 0 spiro atoms. The normalized spacial score (nSPS) is 47.4. The molecule has 9 unspecified atom stereocenters. The molecule has 0 amide bonds. The fourth-order valence-corrected chi connectivity index (χ4v) is 8.60. The van der Waals surface area contributed by atoms with Gasteiger partial charge in [-0.05, 0) is 92.8 Å². The summed E-state index contributed by atoms with van der Waals surface area (Å²) in [5.74, 6) is 1.86. The minimum atomic E-state index is -0.274. The first-order valence-corrected chi connectivity index (χ1v) is 11.9. The van der Waals surface area contributed by atoms with E-state index in [4.69, 9.17) is 9.47 Å². The molecule has 30 heavy (non-hydrogen) atoms. The molecule has 0 radical (unpaired) electrons. The average molecular weight is 419 g/mol. The van der Waals surface area contributed by atoms with E-state index in [9.17, 15) is 14.4 Å². The number of ketones is 1. The lowest BCUT2D eigenvalue weighted by Gasteiger charge is -2.60. The summed E-state index contributed by atoms with van der Waals surface area (Å²) >= 11 is 0. The third kappa shape index (κ3) is 3.40. The number of ether oxygens (including phenoxy) is 2. The number of fused-ring (bicyclic) bond motifs is 5. The molecule has 0 aromatic carbocycles. The van der Waals surface area contributed by atoms with Crippen molar-refractivity contribution in [2.24, 2.45) is 40.4 Å².